The van der Waals surface area contributed by atoms with E-state index in [9.17, 15) is 10.1 Å². The van der Waals surface area contributed by atoms with Crippen LogP contribution in [0.5, 0.6) is 0 Å². The summed E-state index contributed by atoms with van der Waals surface area (Å²) in [6.07, 6.45) is 1.42. The first-order chi connectivity index (χ1) is 10.2. The van der Waals surface area contributed by atoms with Gasteiger partial charge in [0.25, 0.3) is 5.69 Å². The summed E-state index contributed by atoms with van der Waals surface area (Å²) in [5.74, 6) is 0. The van der Waals surface area contributed by atoms with Gasteiger partial charge in [-0.2, -0.15) is 5.10 Å². The zero-order valence-corrected chi connectivity index (χ0v) is 11.6. The van der Waals surface area contributed by atoms with Gasteiger partial charge in [0.05, 0.1) is 26.9 Å². The molecule has 0 atom stereocenters. The first kappa shape index (κ1) is 13.2. The number of para-hydroxylation sites is 2. The van der Waals surface area contributed by atoms with Crippen molar-refractivity contribution in [3.05, 3.63) is 64.2 Å². The summed E-state index contributed by atoms with van der Waals surface area (Å²) in [5.41, 5.74) is 4.16. The van der Waals surface area contributed by atoms with Gasteiger partial charge in [0.1, 0.15) is 0 Å². The number of thiazole rings is 1. The maximum atomic E-state index is 10.9. The molecule has 1 N–H and O–H groups in total. The van der Waals surface area contributed by atoms with Crippen LogP contribution in [0.15, 0.2) is 53.6 Å². The highest BCUT2D eigenvalue weighted by atomic mass is 32.1. The van der Waals surface area contributed by atoms with Gasteiger partial charge in [-0.1, -0.05) is 35.6 Å². The number of nitrogens with one attached hydrogen (secondary N) is 1. The second kappa shape index (κ2) is 5.68. The van der Waals surface area contributed by atoms with Gasteiger partial charge < -0.3 is 0 Å². The third-order valence-corrected chi connectivity index (χ3v) is 3.73. The standard InChI is InChI=1S/C14H10N4O2S/c19-18(20)12-7-3-1-5-10(12)9-15-17-14-16-11-6-2-4-8-13(11)21-14/h1-9H,(H,16,17)/b15-9-. The van der Waals surface area contributed by atoms with E-state index in [0.29, 0.717) is 10.7 Å². The lowest BCUT2D eigenvalue weighted by Gasteiger charge is -1.96. The lowest BCUT2D eigenvalue weighted by atomic mass is 10.2. The summed E-state index contributed by atoms with van der Waals surface area (Å²) in [6.45, 7) is 0. The summed E-state index contributed by atoms with van der Waals surface area (Å²) in [7, 11) is 0. The number of hydrazone groups is 1. The van der Waals surface area contributed by atoms with Crippen LogP contribution < -0.4 is 5.43 Å². The Morgan fingerprint density at radius 2 is 1.95 bits per heavy atom. The van der Waals surface area contributed by atoms with E-state index >= 15 is 0 Å². The number of benzene rings is 2. The summed E-state index contributed by atoms with van der Waals surface area (Å²) in [5, 5.41) is 15.5. The maximum Gasteiger partial charge on any atom is 0.278 e. The van der Waals surface area contributed by atoms with E-state index in [4.69, 9.17) is 0 Å². The summed E-state index contributed by atoms with van der Waals surface area (Å²) in [6, 6.07) is 14.2. The Bertz CT molecular complexity index is 795. The number of nitro groups is 1. The molecule has 0 saturated carbocycles. The van der Waals surface area contributed by atoms with Gasteiger partial charge in [0, 0.05) is 6.07 Å². The molecule has 0 saturated heterocycles. The van der Waals surface area contributed by atoms with E-state index in [1.165, 1.54) is 23.6 Å². The molecule has 0 radical (unpaired) electrons. The van der Waals surface area contributed by atoms with E-state index in [1.807, 2.05) is 24.3 Å². The van der Waals surface area contributed by atoms with Crippen LogP contribution >= 0.6 is 11.3 Å². The van der Waals surface area contributed by atoms with Crippen molar-refractivity contribution in [1.29, 1.82) is 0 Å². The first-order valence-corrected chi connectivity index (χ1v) is 6.94. The molecule has 0 aliphatic carbocycles. The van der Waals surface area contributed by atoms with Crippen LogP contribution in [0.25, 0.3) is 10.2 Å². The van der Waals surface area contributed by atoms with E-state index < -0.39 is 4.92 Å². The largest absolute Gasteiger partial charge is 0.278 e. The van der Waals surface area contributed by atoms with Crippen LogP contribution in [0.1, 0.15) is 5.56 Å². The van der Waals surface area contributed by atoms with Gasteiger partial charge in [-0.15, -0.1) is 0 Å². The fourth-order valence-corrected chi connectivity index (χ4v) is 2.66. The Morgan fingerprint density at radius 1 is 1.19 bits per heavy atom. The van der Waals surface area contributed by atoms with Crippen molar-refractivity contribution in [1.82, 2.24) is 4.98 Å². The molecule has 0 fully saturated rings. The molecule has 7 heteroatoms. The van der Waals surface area contributed by atoms with Gasteiger partial charge in [0.15, 0.2) is 0 Å². The Labute approximate surface area is 123 Å². The quantitative estimate of drug-likeness (QED) is 0.453. The number of nitro benzene ring substituents is 1. The predicted octanol–water partition coefficient (Wildman–Crippen LogP) is 3.65. The number of aromatic nitrogens is 1. The second-order valence-electron chi connectivity index (χ2n) is 4.17. The molecule has 0 amide bonds. The normalized spacial score (nSPS) is 11.0. The smallest absolute Gasteiger partial charge is 0.258 e. The predicted molar refractivity (Wildman–Crippen MR) is 83.9 cm³/mol. The first-order valence-electron chi connectivity index (χ1n) is 6.12. The third kappa shape index (κ3) is 2.87. The Hall–Kier alpha value is -2.80. The minimum atomic E-state index is -0.432. The molecular weight excluding hydrogens is 288 g/mol. The summed E-state index contributed by atoms with van der Waals surface area (Å²) in [4.78, 5) is 14.8. The molecule has 0 bridgehead atoms. The molecular formula is C14H10N4O2S. The van der Waals surface area contributed by atoms with Crippen LogP contribution in [-0.2, 0) is 0 Å². The molecule has 0 aliphatic heterocycles. The minimum Gasteiger partial charge on any atom is -0.258 e. The topological polar surface area (TPSA) is 80.4 Å². The lowest BCUT2D eigenvalue weighted by molar-refractivity contribution is -0.385. The Kier molecular flexibility index (Phi) is 3.57. The number of rotatable bonds is 4. The van der Waals surface area contributed by atoms with Crippen molar-refractivity contribution in [3.8, 4) is 0 Å². The van der Waals surface area contributed by atoms with Crippen molar-refractivity contribution in [2.75, 3.05) is 5.43 Å². The molecule has 1 aromatic heterocycles. The van der Waals surface area contributed by atoms with Crippen LogP contribution in [0.2, 0.25) is 0 Å². The maximum absolute atomic E-state index is 10.9. The van der Waals surface area contributed by atoms with Crippen molar-refractivity contribution in [2.24, 2.45) is 5.10 Å². The van der Waals surface area contributed by atoms with E-state index in [2.05, 4.69) is 15.5 Å². The summed E-state index contributed by atoms with van der Waals surface area (Å²) < 4.78 is 1.06. The number of anilines is 1. The van der Waals surface area contributed by atoms with Gasteiger partial charge in [0.2, 0.25) is 5.13 Å². The fraction of sp³-hybridized carbons (Fsp3) is 0. The molecule has 6 nitrogen and oxygen atoms in total. The van der Waals surface area contributed by atoms with Crippen LogP contribution in [0.3, 0.4) is 0 Å². The Morgan fingerprint density at radius 3 is 2.76 bits per heavy atom. The van der Waals surface area contributed by atoms with Crippen molar-refractivity contribution >= 4 is 38.6 Å². The zero-order valence-electron chi connectivity index (χ0n) is 10.8. The fourth-order valence-electron chi connectivity index (χ4n) is 1.84. The van der Waals surface area contributed by atoms with Gasteiger partial charge in [-0.3, -0.25) is 15.5 Å². The van der Waals surface area contributed by atoms with Crippen LogP contribution in [0.4, 0.5) is 10.8 Å². The molecule has 3 rings (SSSR count). The minimum absolute atomic E-state index is 0.0207. The van der Waals surface area contributed by atoms with Gasteiger partial charge in [-0.25, -0.2) is 4.98 Å². The molecule has 0 spiro atoms. The SMILES string of the molecule is O=[N+]([O-])c1ccccc1/C=N\Nc1nc2ccccc2s1. The third-order valence-electron chi connectivity index (χ3n) is 2.79. The van der Waals surface area contributed by atoms with Gasteiger partial charge in [-0.05, 0) is 18.2 Å². The second-order valence-corrected chi connectivity index (χ2v) is 5.20. The highest BCUT2D eigenvalue weighted by molar-refractivity contribution is 7.22. The van der Waals surface area contributed by atoms with Gasteiger partial charge >= 0.3 is 0 Å². The molecule has 2 aromatic carbocycles. The monoisotopic (exact) mass is 298 g/mol. The molecule has 1 heterocycles. The van der Waals surface area contributed by atoms with Crippen LogP contribution in [-0.4, -0.2) is 16.1 Å². The molecule has 0 unspecified atom stereocenters. The van der Waals surface area contributed by atoms with Crippen LogP contribution in [0, 0.1) is 10.1 Å². The molecule has 3 aromatic rings. The average molecular weight is 298 g/mol. The highest BCUT2D eigenvalue weighted by Gasteiger charge is 2.09. The molecule has 0 aliphatic rings. The number of nitrogens with zero attached hydrogens (tertiary/aromatic N) is 3. The Balaban J connectivity index is 1.79. The van der Waals surface area contributed by atoms with Crippen molar-refractivity contribution in [2.45, 2.75) is 0 Å². The highest BCUT2D eigenvalue weighted by Crippen LogP contribution is 2.25. The number of hydrogen-bond donors (Lipinski definition) is 1. The van der Waals surface area contributed by atoms with Crippen molar-refractivity contribution in [3.63, 3.8) is 0 Å². The lowest BCUT2D eigenvalue weighted by Crippen LogP contribution is -1.95. The molecule has 21 heavy (non-hydrogen) atoms. The summed E-state index contributed by atoms with van der Waals surface area (Å²) >= 11 is 1.47. The average Bonchev–Trinajstić information content (AvgIpc) is 2.90. The zero-order chi connectivity index (χ0) is 14.7. The van der Waals surface area contributed by atoms with Crippen molar-refractivity contribution < 1.29 is 4.92 Å². The number of fused-ring (bicyclic) bond motifs is 1. The number of hydrogen-bond acceptors (Lipinski definition) is 6. The molecule has 104 valence electrons. The van der Waals surface area contributed by atoms with E-state index in [0.717, 1.165) is 10.2 Å². The van der Waals surface area contributed by atoms with E-state index in [-0.39, 0.29) is 5.69 Å². The van der Waals surface area contributed by atoms with E-state index in [1.54, 1.807) is 18.2 Å².